The van der Waals surface area contributed by atoms with Gasteiger partial charge in [-0.3, -0.25) is 4.79 Å². The summed E-state index contributed by atoms with van der Waals surface area (Å²) in [5, 5.41) is 58.4. The summed E-state index contributed by atoms with van der Waals surface area (Å²) in [5.74, 6) is -4.74. The van der Waals surface area contributed by atoms with Gasteiger partial charge in [0.25, 0.3) is 0 Å². The van der Waals surface area contributed by atoms with Crippen molar-refractivity contribution >= 4 is 5.97 Å². The minimum atomic E-state index is -1.97. The lowest BCUT2D eigenvalue weighted by Crippen LogP contribution is -2.60. The van der Waals surface area contributed by atoms with E-state index >= 15 is 0 Å². The predicted octanol–water partition coefficient (Wildman–Crippen LogP) is 3.26. The summed E-state index contributed by atoms with van der Waals surface area (Å²) in [4.78, 5) is 14.3. The molecule has 7 rings (SSSR count). The predicted molar refractivity (Wildman–Crippen MR) is 221 cm³/mol. The lowest BCUT2D eigenvalue weighted by Gasteiger charge is -2.53. The van der Waals surface area contributed by atoms with Crippen LogP contribution < -0.4 is 0 Å². The SMILES string of the molecule is CO[C@H]1C[C@H](O[C@H]2[C@H](C)O[C@@H](O[C@@H]3/C(C)=C/C[C@]4(O)C[C@@H](C[C@]5(CC[C@H](C)[C@@H](C(C)C)O5)O4)OC(=O)[C@@H]4C=C(C)[C@@H](O)[C@H]5OC/C(=C\C=C\[C@@H]3O)[C@]54O)C[C@@H]2OC)O[C@@H](C)[C@@H]1O. The Morgan fingerprint density at radius 1 is 0.903 bits per heavy atom. The summed E-state index contributed by atoms with van der Waals surface area (Å²) >= 11 is 0. The highest BCUT2D eigenvalue weighted by Gasteiger charge is 2.61. The van der Waals surface area contributed by atoms with Crippen LogP contribution >= 0.6 is 0 Å². The van der Waals surface area contributed by atoms with Crippen LogP contribution in [-0.2, 0) is 52.2 Å². The molecule has 7 aliphatic rings. The molecule has 0 saturated carbocycles. The van der Waals surface area contributed by atoms with Crippen LogP contribution in [0, 0.1) is 17.8 Å². The van der Waals surface area contributed by atoms with E-state index in [-0.39, 0.29) is 50.2 Å². The largest absolute Gasteiger partial charge is 0.461 e. The zero-order valence-corrected chi connectivity index (χ0v) is 37.6. The van der Waals surface area contributed by atoms with E-state index in [2.05, 4.69) is 20.8 Å². The second-order valence-corrected chi connectivity index (χ2v) is 19.1. The van der Waals surface area contributed by atoms with Crippen molar-refractivity contribution in [3.8, 4) is 0 Å². The third-order valence-electron chi connectivity index (χ3n) is 14.2. The molecule has 6 heterocycles. The molecule has 5 saturated heterocycles. The second-order valence-electron chi connectivity index (χ2n) is 19.1. The molecule has 350 valence electrons. The fourth-order valence-corrected chi connectivity index (χ4v) is 10.6. The highest BCUT2D eigenvalue weighted by Crippen LogP contribution is 2.49. The molecule has 0 aromatic carbocycles. The maximum Gasteiger partial charge on any atom is 0.316 e. The number of carbonyl (C=O) groups is 1. The van der Waals surface area contributed by atoms with E-state index in [0.29, 0.717) is 29.6 Å². The first-order chi connectivity index (χ1) is 29.3. The minimum Gasteiger partial charge on any atom is -0.461 e. The van der Waals surface area contributed by atoms with Crippen molar-refractivity contribution in [2.75, 3.05) is 20.8 Å². The van der Waals surface area contributed by atoms with Gasteiger partial charge in [0, 0.05) is 52.7 Å². The molecule has 1 spiro atoms. The number of fused-ring (bicyclic) bond motifs is 2. The number of esters is 1. The van der Waals surface area contributed by atoms with E-state index in [1.54, 1.807) is 46.1 Å². The summed E-state index contributed by atoms with van der Waals surface area (Å²) < 4.78 is 62.4. The smallest absolute Gasteiger partial charge is 0.316 e. The number of hydrogen-bond donors (Lipinski definition) is 5. The molecule has 16 nitrogen and oxygen atoms in total. The number of allylic oxidation sites excluding steroid dienone is 2. The number of carbonyl (C=O) groups excluding carboxylic acids is 1. The molecule has 0 radical (unpaired) electrons. The first-order valence-electron chi connectivity index (χ1n) is 22.4. The van der Waals surface area contributed by atoms with E-state index in [4.69, 9.17) is 47.4 Å². The number of methoxy groups -OCH3 is 2. The molecule has 5 N–H and O–H groups in total. The van der Waals surface area contributed by atoms with Gasteiger partial charge in [0.1, 0.15) is 54.2 Å². The van der Waals surface area contributed by atoms with Crippen molar-refractivity contribution in [2.24, 2.45) is 17.8 Å². The van der Waals surface area contributed by atoms with Crippen LogP contribution in [-0.4, -0.2) is 155 Å². The van der Waals surface area contributed by atoms with Crippen LogP contribution in [0.5, 0.6) is 0 Å². The molecule has 19 atom stereocenters. The quantitative estimate of drug-likeness (QED) is 0.184. The summed E-state index contributed by atoms with van der Waals surface area (Å²) in [6.45, 7) is 13.3. The van der Waals surface area contributed by atoms with Crippen LogP contribution in [0.3, 0.4) is 0 Å². The van der Waals surface area contributed by atoms with Gasteiger partial charge in [-0.15, -0.1) is 0 Å². The Balaban J connectivity index is 1.20. The summed E-state index contributed by atoms with van der Waals surface area (Å²) in [6.07, 6.45) is -0.938. The number of aliphatic hydroxyl groups excluding tert-OH is 3. The summed E-state index contributed by atoms with van der Waals surface area (Å²) in [7, 11) is 3.11. The normalized spacial score (nSPS) is 50.2. The molecule has 2 bridgehead atoms. The zero-order chi connectivity index (χ0) is 44.9. The molecule has 5 fully saturated rings. The van der Waals surface area contributed by atoms with Crippen molar-refractivity contribution in [1.29, 1.82) is 0 Å². The molecule has 0 amide bonds. The molecular weight excluding hydrogens is 808 g/mol. The van der Waals surface area contributed by atoms with Gasteiger partial charge in [0.2, 0.25) is 0 Å². The molecule has 1 aliphatic carbocycles. The van der Waals surface area contributed by atoms with Crippen molar-refractivity contribution in [2.45, 2.75) is 196 Å². The molecular formula is C46H70O16. The number of hydrogen-bond acceptors (Lipinski definition) is 16. The van der Waals surface area contributed by atoms with Gasteiger partial charge in [-0.25, -0.2) is 0 Å². The first kappa shape index (κ1) is 47.8. The van der Waals surface area contributed by atoms with E-state index in [1.807, 2.05) is 6.92 Å². The highest BCUT2D eigenvalue weighted by atomic mass is 16.8. The Morgan fingerprint density at radius 2 is 1.60 bits per heavy atom. The van der Waals surface area contributed by atoms with E-state index in [0.717, 1.165) is 6.42 Å². The van der Waals surface area contributed by atoms with Gasteiger partial charge in [-0.2, -0.15) is 0 Å². The lowest BCUT2D eigenvalue weighted by molar-refractivity contribution is -0.407. The number of aliphatic hydroxyl groups is 5. The Bertz CT molecular complexity index is 1710. The third-order valence-corrected chi connectivity index (χ3v) is 14.2. The highest BCUT2D eigenvalue weighted by molar-refractivity contribution is 5.78. The minimum absolute atomic E-state index is 0.0652. The lowest BCUT2D eigenvalue weighted by atomic mass is 9.71. The average Bonchev–Trinajstić information content (AvgIpc) is 3.56. The van der Waals surface area contributed by atoms with E-state index < -0.39 is 109 Å². The van der Waals surface area contributed by atoms with Gasteiger partial charge in [-0.05, 0) is 62.7 Å². The molecule has 16 heteroatoms. The van der Waals surface area contributed by atoms with Crippen LogP contribution in [0.25, 0.3) is 0 Å². The Labute approximate surface area is 365 Å². The Hall–Kier alpha value is -2.13. The zero-order valence-electron chi connectivity index (χ0n) is 37.6. The van der Waals surface area contributed by atoms with Gasteiger partial charge in [0.05, 0.1) is 37.1 Å². The molecule has 6 aliphatic heterocycles. The average molecular weight is 879 g/mol. The fraction of sp³-hybridized carbons (Fsp3) is 0.804. The fourth-order valence-electron chi connectivity index (χ4n) is 10.6. The maximum atomic E-state index is 14.3. The summed E-state index contributed by atoms with van der Waals surface area (Å²) in [5.41, 5.74) is -0.644. The van der Waals surface area contributed by atoms with Crippen molar-refractivity contribution in [3.05, 3.63) is 47.1 Å². The Kier molecular flexibility index (Phi) is 14.7. The molecule has 0 aromatic heterocycles. The number of ether oxygens (including phenoxy) is 10. The summed E-state index contributed by atoms with van der Waals surface area (Å²) in [6, 6.07) is 0. The number of rotatable bonds is 7. The molecule has 62 heavy (non-hydrogen) atoms. The molecule has 0 unspecified atom stereocenters. The van der Waals surface area contributed by atoms with Gasteiger partial charge >= 0.3 is 5.97 Å². The van der Waals surface area contributed by atoms with Crippen molar-refractivity contribution in [3.63, 3.8) is 0 Å². The third kappa shape index (κ3) is 9.57. The van der Waals surface area contributed by atoms with Crippen LogP contribution in [0.15, 0.2) is 47.1 Å². The van der Waals surface area contributed by atoms with Crippen LogP contribution in [0.2, 0.25) is 0 Å². The van der Waals surface area contributed by atoms with Gasteiger partial charge < -0.3 is 72.9 Å². The maximum absolute atomic E-state index is 14.3. The van der Waals surface area contributed by atoms with Crippen molar-refractivity contribution in [1.82, 2.24) is 0 Å². The topological polar surface area (TPSA) is 211 Å². The monoisotopic (exact) mass is 878 g/mol. The van der Waals surface area contributed by atoms with Gasteiger partial charge in [-0.1, -0.05) is 51.2 Å². The van der Waals surface area contributed by atoms with Crippen LogP contribution in [0.4, 0.5) is 0 Å². The van der Waals surface area contributed by atoms with Crippen molar-refractivity contribution < 1.29 is 77.7 Å². The Morgan fingerprint density at radius 3 is 2.31 bits per heavy atom. The van der Waals surface area contributed by atoms with E-state index in [1.165, 1.54) is 19.3 Å². The first-order valence-corrected chi connectivity index (χ1v) is 22.4. The van der Waals surface area contributed by atoms with Crippen LogP contribution in [0.1, 0.15) is 93.4 Å². The standard InChI is InChI=1S/C46H70O16/c1-23(2)39-24(3)14-16-45(61-39)21-30-20-44(51,62-45)15-13-25(4)40(32(47)12-10-11-29-22-55-42-37(48)26(5)17-31(43(50)58-30)46(29,42)52)59-36-19-34(54-9)41(28(7)57-36)60-35-18-33(53-8)38(49)27(6)56-35/h10-13,17,23-24,27-28,30-42,47-49,51-52H,14-16,18-22H2,1-9H3/b12-10+,25-13+,29-11+/t24-,27-,28-,30-,31-,32-,33-,34-,35-,36-,37+,38-,39+,40+,41-,42+,44+,45-,46+/m0/s1. The molecule has 0 aromatic rings. The van der Waals surface area contributed by atoms with Gasteiger partial charge in [0.15, 0.2) is 24.2 Å². The van der Waals surface area contributed by atoms with E-state index in [9.17, 15) is 30.3 Å². The second kappa shape index (κ2) is 19.0.